The predicted octanol–water partition coefficient (Wildman–Crippen LogP) is 4.31. The Morgan fingerprint density at radius 1 is 0.971 bits per heavy atom. The summed E-state index contributed by atoms with van der Waals surface area (Å²) in [6.07, 6.45) is 5.67. The maximum absolute atomic E-state index is 11.5. The Balaban J connectivity index is 1.30. The van der Waals surface area contributed by atoms with Crippen LogP contribution in [0.15, 0.2) is 54.6 Å². The van der Waals surface area contributed by atoms with Crippen LogP contribution in [0, 0.1) is 0 Å². The fourth-order valence-electron chi connectivity index (χ4n) is 4.40. The summed E-state index contributed by atoms with van der Waals surface area (Å²) < 4.78 is 0. The Labute approximate surface area is 210 Å². The number of nitrogens with zero attached hydrogens (tertiary/aromatic N) is 4. The summed E-state index contributed by atoms with van der Waals surface area (Å²) in [6, 6.07) is 16.3. The molecule has 0 saturated carbocycles. The van der Waals surface area contributed by atoms with Gasteiger partial charge in [0, 0.05) is 61.6 Å². The lowest BCUT2D eigenvalue weighted by atomic mass is 10.1. The number of alkyl halides is 1. The highest BCUT2D eigenvalue weighted by Crippen LogP contribution is 2.28. The zero-order chi connectivity index (χ0) is 24.2. The number of allylic oxidation sites excluding steroid dienone is 1. The van der Waals surface area contributed by atoms with E-state index in [9.17, 15) is 4.79 Å². The lowest BCUT2D eigenvalue weighted by Gasteiger charge is -2.34. The van der Waals surface area contributed by atoms with Gasteiger partial charge in [0.1, 0.15) is 17.5 Å². The monoisotopic (exact) mass is 488 g/mol. The molecule has 3 aromatic rings. The van der Waals surface area contributed by atoms with E-state index in [1.54, 1.807) is 0 Å². The average Bonchev–Trinajstić information content (AvgIpc) is 3.35. The van der Waals surface area contributed by atoms with Gasteiger partial charge in [-0.3, -0.25) is 4.79 Å². The van der Waals surface area contributed by atoms with Gasteiger partial charge in [0.2, 0.25) is 5.91 Å². The first kappa shape index (κ1) is 23.3. The molecule has 35 heavy (non-hydrogen) atoms. The van der Waals surface area contributed by atoms with E-state index >= 15 is 0 Å². The highest BCUT2D eigenvalue weighted by Gasteiger charge is 2.17. The molecule has 1 fully saturated rings. The summed E-state index contributed by atoms with van der Waals surface area (Å²) in [5.41, 5.74) is 6.12. The van der Waals surface area contributed by atoms with E-state index in [-0.39, 0.29) is 11.8 Å². The molecule has 2 heterocycles. The standard InChI is InChI=1S/C27H29ClN6O/c1-33-13-15-34(16-14-33)22-11-5-19(6-12-22)17-25-31-24-4-2-3-23(24)27(32-25)30-21-9-7-20(8-10-21)29-26(35)18-28/h2-3,5-12H,4,13-18H2,1H3,(H,29,35)(H,30,31,32). The summed E-state index contributed by atoms with van der Waals surface area (Å²) in [5, 5.41) is 6.18. The number of halogens is 1. The van der Waals surface area contributed by atoms with Gasteiger partial charge in [-0.05, 0) is 49.0 Å². The van der Waals surface area contributed by atoms with Crippen molar-refractivity contribution in [3.05, 3.63) is 77.3 Å². The van der Waals surface area contributed by atoms with E-state index < -0.39 is 0 Å². The van der Waals surface area contributed by atoms with Gasteiger partial charge in [0.05, 0.1) is 5.69 Å². The number of anilines is 4. The number of fused-ring (bicyclic) bond motifs is 1. The molecule has 0 unspecified atom stereocenters. The van der Waals surface area contributed by atoms with Crippen molar-refractivity contribution in [3.63, 3.8) is 0 Å². The molecule has 0 spiro atoms. The SMILES string of the molecule is CN1CCN(c2ccc(Cc3nc4c(c(Nc5ccc(NC(=O)CCl)cc5)n3)C=CC4)cc2)CC1. The van der Waals surface area contributed by atoms with Crippen molar-refractivity contribution in [2.45, 2.75) is 12.8 Å². The van der Waals surface area contributed by atoms with Gasteiger partial charge in [0.15, 0.2) is 0 Å². The maximum Gasteiger partial charge on any atom is 0.239 e. The van der Waals surface area contributed by atoms with Crippen LogP contribution >= 0.6 is 11.6 Å². The third kappa shape index (κ3) is 5.63. The Morgan fingerprint density at radius 3 is 2.40 bits per heavy atom. The van der Waals surface area contributed by atoms with Crippen LogP contribution < -0.4 is 15.5 Å². The summed E-state index contributed by atoms with van der Waals surface area (Å²) >= 11 is 5.57. The molecule has 180 valence electrons. The fourth-order valence-corrected chi connectivity index (χ4v) is 4.47. The third-order valence-corrected chi connectivity index (χ3v) is 6.63. The Kier molecular flexibility index (Phi) is 6.97. The minimum atomic E-state index is -0.229. The van der Waals surface area contributed by atoms with Gasteiger partial charge in [0.25, 0.3) is 0 Å². The molecule has 1 aliphatic heterocycles. The minimum absolute atomic E-state index is 0.0687. The summed E-state index contributed by atoms with van der Waals surface area (Å²) in [4.78, 5) is 26.0. The third-order valence-electron chi connectivity index (χ3n) is 6.39. The van der Waals surface area contributed by atoms with Crippen molar-refractivity contribution >= 4 is 46.5 Å². The Morgan fingerprint density at radius 2 is 1.69 bits per heavy atom. The minimum Gasteiger partial charge on any atom is -0.369 e. The molecule has 0 atom stereocenters. The first-order valence-corrected chi connectivity index (χ1v) is 12.4. The van der Waals surface area contributed by atoms with Crippen LogP contribution in [0.2, 0.25) is 0 Å². The number of likely N-dealkylation sites (N-methyl/N-ethyl adjacent to an activating group) is 1. The second-order valence-electron chi connectivity index (χ2n) is 8.97. The molecule has 1 aromatic heterocycles. The Bertz CT molecular complexity index is 1220. The highest BCUT2D eigenvalue weighted by molar-refractivity contribution is 6.29. The molecule has 1 saturated heterocycles. The van der Waals surface area contributed by atoms with Gasteiger partial charge in [-0.25, -0.2) is 9.97 Å². The van der Waals surface area contributed by atoms with Crippen LogP contribution in [0.4, 0.5) is 22.9 Å². The molecule has 2 aliphatic rings. The van der Waals surface area contributed by atoms with E-state index in [0.29, 0.717) is 12.1 Å². The lowest BCUT2D eigenvalue weighted by molar-refractivity contribution is -0.113. The number of carbonyl (C=O) groups excluding carboxylic acids is 1. The number of carbonyl (C=O) groups is 1. The zero-order valence-electron chi connectivity index (χ0n) is 19.8. The van der Waals surface area contributed by atoms with E-state index in [0.717, 1.165) is 61.2 Å². The van der Waals surface area contributed by atoms with Crippen molar-refractivity contribution < 1.29 is 4.79 Å². The summed E-state index contributed by atoms with van der Waals surface area (Å²) in [6.45, 7) is 4.32. The lowest BCUT2D eigenvalue weighted by Crippen LogP contribution is -2.44. The van der Waals surface area contributed by atoms with Crippen LogP contribution in [-0.2, 0) is 17.6 Å². The van der Waals surface area contributed by atoms with E-state index in [2.05, 4.69) is 63.9 Å². The smallest absolute Gasteiger partial charge is 0.239 e. The second-order valence-corrected chi connectivity index (χ2v) is 9.24. The molecule has 8 heteroatoms. The van der Waals surface area contributed by atoms with Crippen molar-refractivity contribution in [1.29, 1.82) is 0 Å². The van der Waals surface area contributed by atoms with E-state index in [1.165, 1.54) is 11.3 Å². The molecule has 2 aromatic carbocycles. The van der Waals surface area contributed by atoms with Crippen molar-refractivity contribution in [3.8, 4) is 0 Å². The number of nitrogens with one attached hydrogen (secondary N) is 2. The van der Waals surface area contributed by atoms with Crippen molar-refractivity contribution in [1.82, 2.24) is 14.9 Å². The van der Waals surface area contributed by atoms with Gasteiger partial charge >= 0.3 is 0 Å². The fraction of sp³-hybridized carbons (Fsp3) is 0.296. The molecule has 0 bridgehead atoms. The van der Waals surface area contributed by atoms with Crippen LogP contribution in [0.25, 0.3) is 6.08 Å². The molecule has 0 radical (unpaired) electrons. The Hall–Kier alpha value is -3.42. The molecular weight excluding hydrogens is 460 g/mol. The van der Waals surface area contributed by atoms with Gasteiger partial charge < -0.3 is 20.4 Å². The quantitative estimate of drug-likeness (QED) is 0.483. The molecule has 5 rings (SSSR count). The van der Waals surface area contributed by atoms with Gasteiger partial charge in [-0.15, -0.1) is 11.6 Å². The van der Waals surface area contributed by atoms with Gasteiger partial charge in [-0.1, -0.05) is 24.3 Å². The number of hydrogen-bond acceptors (Lipinski definition) is 6. The van der Waals surface area contributed by atoms with E-state index in [1.807, 2.05) is 24.3 Å². The summed E-state index contributed by atoms with van der Waals surface area (Å²) in [7, 11) is 2.17. The second kappa shape index (κ2) is 10.5. The largest absolute Gasteiger partial charge is 0.369 e. The van der Waals surface area contributed by atoms with E-state index in [4.69, 9.17) is 21.6 Å². The van der Waals surface area contributed by atoms with Crippen LogP contribution in [0.1, 0.15) is 22.6 Å². The first-order chi connectivity index (χ1) is 17.1. The molecular formula is C27H29ClN6O. The molecule has 2 N–H and O–H groups in total. The van der Waals surface area contributed by atoms with Crippen LogP contribution in [-0.4, -0.2) is 59.9 Å². The molecule has 7 nitrogen and oxygen atoms in total. The number of hydrogen-bond donors (Lipinski definition) is 2. The average molecular weight is 489 g/mol. The number of aromatic nitrogens is 2. The van der Waals surface area contributed by atoms with Crippen LogP contribution in [0.5, 0.6) is 0 Å². The number of benzene rings is 2. The first-order valence-electron chi connectivity index (χ1n) is 11.9. The van der Waals surface area contributed by atoms with Crippen molar-refractivity contribution in [2.24, 2.45) is 0 Å². The maximum atomic E-state index is 11.5. The topological polar surface area (TPSA) is 73.4 Å². The summed E-state index contributed by atoms with van der Waals surface area (Å²) in [5.74, 6) is 1.30. The predicted molar refractivity (Wildman–Crippen MR) is 143 cm³/mol. The number of rotatable bonds is 7. The normalized spacial score (nSPS) is 15.2. The van der Waals surface area contributed by atoms with Crippen LogP contribution in [0.3, 0.4) is 0 Å². The molecule has 1 aliphatic carbocycles. The van der Waals surface area contributed by atoms with Crippen molar-refractivity contribution in [2.75, 3.05) is 54.6 Å². The molecule has 1 amide bonds. The highest BCUT2D eigenvalue weighted by atomic mass is 35.5. The number of amides is 1. The van der Waals surface area contributed by atoms with Gasteiger partial charge in [-0.2, -0.15) is 0 Å². The number of piperazine rings is 1. The zero-order valence-corrected chi connectivity index (χ0v) is 20.6.